The van der Waals surface area contributed by atoms with Crippen molar-refractivity contribution in [3.8, 4) is 0 Å². The molecule has 0 spiro atoms. The van der Waals surface area contributed by atoms with E-state index in [1.165, 1.54) is 41.5 Å². The van der Waals surface area contributed by atoms with Gasteiger partial charge in [0.25, 0.3) is 5.91 Å². The van der Waals surface area contributed by atoms with E-state index >= 15 is 0 Å². The summed E-state index contributed by atoms with van der Waals surface area (Å²) in [5.41, 5.74) is 0.892. The molecule has 0 aliphatic carbocycles. The molecule has 5 nitrogen and oxygen atoms in total. The van der Waals surface area contributed by atoms with Crippen molar-refractivity contribution in [3.05, 3.63) is 101 Å². The zero-order valence-corrected chi connectivity index (χ0v) is 14.0. The fourth-order valence-corrected chi connectivity index (χ4v) is 3.19. The lowest BCUT2D eigenvalue weighted by Crippen LogP contribution is -2.31. The standard InChI is InChI=1S/C21H14FNO4/c22-14-10-8-13(9-11-14)18-17(19(24)16-7-4-12-27-16)20(25)21(26)23(18)15-5-2-1-3-6-15/h1-12,18,25H/t18-/m0/s1. The molecule has 1 aromatic heterocycles. The minimum atomic E-state index is -0.905. The molecule has 134 valence electrons. The summed E-state index contributed by atoms with van der Waals surface area (Å²) in [5, 5.41) is 10.5. The quantitative estimate of drug-likeness (QED) is 0.705. The lowest BCUT2D eigenvalue weighted by atomic mass is 9.95. The summed E-state index contributed by atoms with van der Waals surface area (Å²) in [6.07, 6.45) is 1.34. The van der Waals surface area contributed by atoms with Gasteiger partial charge in [0.05, 0.1) is 17.9 Å². The highest BCUT2D eigenvalue weighted by molar-refractivity contribution is 6.20. The molecule has 0 radical (unpaired) electrons. The van der Waals surface area contributed by atoms with Gasteiger partial charge in [0.2, 0.25) is 5.78 Å². The maximum Gasteiger partial charge on any atom is 0.294 e. The summed E-state index contributed by atoms with van der Waals surface area (Å²) in [6.45, 7) is 0. The number of carbonyl (C=O) groups is 2. The third kappa shape index (κ3) is 2.81. The first-order valence-electron chi connectivity index (χ1n) is 8.23. The largest absolute Gasteiger partial charge is 0.503 e. The SMILES string of the molecule is O=C(C1=C(O)C(=O)N(c2ccccc2)[C@H]1c1ccc(F)cc1)c1ccco1. The van der Waals surface area contributed by atoms with Gasteiger partial charge in [-0.3, -0.25) is 14.5 Å². The molecule has 3 aromatic rings. The number of aliphatic hydroxyl groups excluding tert-OH is 1. The van der Waals surface area contributed by atoms with Gasteiger partial charge in [0.15, 0.2) is 11.5 Å². The van der Waals surface area contributed by atoms with E-state index in [1.807, 2.05) is 0 Å². The number of furan rings is 1. The number of halogens is 1. The van der Waals surface area contributed by atoms with Gasteiger partial charge in [-0.25, -0.2) is 4.39 Å². The molecule has 27 heavy (non-hydrogen) atoms. The topological polar surface area (TPSA) is 70.8 Å². The van der Waals surface area contributed by atoms with Crippen molar-refractivity contribution in [1.29, 1.82) is 0 Å². The molecule has 1 aliphatic rings. The zero-order chi connectivity index (χ0) is 19.0. The van der Waals surface area contributed by atoms with Crippen LogP contribution in [0, 0.1) is 5.82 Å². The van der Waals surface area contributed by atoms with Gasteiger partial charge < -0.3 is 9.52 Å². The Balaban J connectivity index is 1.88. The summed E-state index contributed by atoms with van der Waals surface area (Å²) in [7, 11) is 0. The van der Waals surface area contributed by atoms with Crippen molar-refractivity contribution < 1.29 is 23.5 Å². The Kier molecular flexibility index (Phi) is 4.08. The van der Waals surface area contributed by atoms with E-state index in [4.69, 9.17) is 4.42 Å². The van der Waals surface area contributed by atoms with E-state index in [0.29, 0.717) is 11.3 Å². The lowest BCUT2D eigenvalue weighted by molar-refractivity contribution is -0.117. The molecule has 4 rings (SSSR count). The van der Waals surface area contributed by atoms with E-state index in [0.717, 1.165) is 0 Å². The number of rotatable bonds is 4. The van der Waals surface area contributed by atoms with Crippen LogP contribution in [0.15, 0.2) is 88.7 Å². The second-order valence-electron chi connectivity index (χ2n) is 6.03. The highest BCUT2D eigenvalue weighted by Gasteiger charge is 2.45. The van der Waals surface area contributed by atoms with Crippen molar-refractivity contribution >= 4 is 17.4 Å². The number of para-hydroxylation sites is 1. The molecule has 0 unspecified atom stereocenters. The fourth-order valence-electron chi connectivity index (χ4n) is 3.19. The first-order chi connectivity index (χ1) is 13.1. The number of hydrogen-bond acceptors (Lipinski definition) is 4. The maximum atomic E-state index is 13.4. The smallest absolute Gasteiger partial charge is 0.294 e. The van der Waals surface area contributed by atoms with Crippen LogP contribution in [0.25, 0.3) is 0 Å². The molecule has 6 heteroatoms. The molecule has 2 aromatic carbocycles. The highest BCUT2D eigenvalue weighted by Crippen LogP contribution is 2.41. The minimum Gasteiger partial charge on any atom is -0.503 e. The number of carbonyl (C=O) groups excluding carboxylic acids is 2. The third-order valence-corrected chi connectivity index (χ3v) is 4.42. The predicted molar refractivity (Wildman–Crippen MR) is 95.8 cm³/mol. The predicted octanol–water partition coefficient (Wildman–Crippen LogP) is 4.20. The lowest BCUT2D eigenvalue weighted by Gasteiger charge is -2.26. The van der Waals surface area contributed by atoms with E-state index < -0.39 is 29.3 Å². The van der Waals surface area contributed by atoms with Crippen LogP contribution in [-0.4, -0.2) is 16.8 Å². The molecule has 0 saturated carbocycles. The maximum absolute atomic E-state index is 13.4. The summed E-state index contributed by atoms with van der Waals surface area (Å²) >= 11 is 0. The van der Waals surface area contributed by atoms with Crippen LogP contribution in [-0.2, 0) is 4.79 Å². The van der Waals surface area contributed by atoms with Crippen molar-refractivity contribution in [3.63, 3.8) is 0 Å². The highest BCUT2D eigenvalue weighted by atomic mass is 19.1. The van der Waals surface area contributed by atoms with Crippen LogP contribution < -0.4 is 4.90 Å². The van der Waals surface area contributed by atoms with Crippen LogP contribution in [0.1, 0.15) is 22.2 Å². The second kappa shape index (κ2) is 6.57. The number of benzene rings is 2. The van der Waals surface area contributed by atoms with Gasteiger partial charge in [-0.2, -0.15) is 0 Å². The summed E-state index contributed by atoms with van der Waals surface area (Å²) in [5.74, 6) is -2.38. The van der Waals surface area contributed by atoms with Gasteiger partial charge in [-0.05, 0) is 42.0 Å². The molecular weight excluding hydrogens is 349 g/mol. The second-order valence-corrected chi connectivity index (χ2v) is 6.03. The first kappa shape index (κ1) is 16.8. The molecule has 1 aliphatic heterocycles. The Hall–Kier alpha value is -3.67. The number of hydrogen-bond donors (Lipinski definition) is 1. The van der Waals surface area contributed by atoms with E-state index in [2.05, 4.69) is 0 Å². The van der Waals surface area contributed by atoms with Gasteiger partial charge in [0.1, 0.15) is 5.82 Å². The molecule has 0 saturated heterocycles. The summed E-state index contributed by atoms with van der Waals surface area (Å²) in [4.78, 5) is 27.0. The Bertz CT molecular complexity index is 1020. The van der Waals surface area contributed by atoms with Gasteiger partial charge in [-0.15, -0.1) is 0 Å². The van der Waals surface area contributed by atoms with Gasteiger partial charge in [0, 0.05) is 5.69 Å². The number of nitrogens with zero attached hydrogens (tertiary/aromatic N) is 1. The number of ketones is 1. The molecular formula is C21H14FNO4. The number of aliphatic hydroxyl groups is 1. The van der Waals surface area contributed by atoms with E-state index in [9.17, 15) is 19.1 Å². The summed E-state index contributed by atoms with van der Waals surface area (Å²) in [6, 6.07) is 16.2. The minimum absolute atomic E-state index is 0.00590. The van der Waals surface area contributed by atoms with Crippen molar-refractivity contribution in [2.45, 2.75) is 6.04 Å². The third-order valence-electron chi connectivity index (χ3n) is 4.42. The molecule has 0 bridgehead atoms. The van der Waals surface area contributed by atoms with Crippen LogP contribution in [0.3, 0.4) is 0 Å². The molecule has 2 heterocycles. The monoisotopic (exact) mass is 363 g/mol. The number of Topliss-reactive ketones (excluding diaryl/α,β-unsaturated/α-hetero) is 1. The molecule has 1 amide bonds. The Morgan fingerprint density at radius 3 is 2.33 bits per heavy atom. The summed E-state index contributed by atoms with van der Waals surface area (Å²) < 4.78 is 18.6. The number of anilines is 1. The fraction of sp³-hybridized carbons (Fsp3) is 0.0476. The van der Waals surface area contributed by atoms with Crippen LogP contribution in [0.4, 0.5) is 10.1 Å². The average molecular weight is 363 g/mol. The van der Waals surface area contributed by atoms with Crippen LogP contribution in [0.2, 0.25) is 0 Å². The van der Waals surface area contributed by atoms with Crippen molar-refractivity contribution in [2.24, 2.45) is 0 Å². The van der Waals surface area contributed by atoms with Gasteiger partial charge in [-0.1, -0.05) is 30.3 Å². The van der Waals surface area contributed by atoms with Crippen molar-refractivity contribution in [2.75, 3.05) is 4.90 Å². The van der Waals surface area contributed by atoms with Crippen LogP contribution in [0.5, 0.6) is 0 Å². The first-order valence-corrected chi connectivity index (χ1v) is 8.23. The number of amides is 1. The van der Waals surface area contributed by atoms with E-state index in [1.54, 1.807) is 36.4 Å². The molecule has 1 N–H and O–H groups in total. The molecule has 1 atom stereocenters. The Labute approximate surface area is 154 Å². The average Bonchev–Trinajstić information content (AvgIpc) is 3.31. The Morgan fingerprint density at radius 1 is 1.00 bits per heavy atom. The van der Waals surface area contributed by atoms with Crippen LogP contribution >= 0.6 is 0 Å². The van der Waals surface area contributed by atoms with Gasteiger partial charge >= 0.3 is 0 Å². The zero-order valence-electron chi connectivity index (χ0n) is 14.0. The van der Waals surface area contributed by atoms with Crippen molar-refractivity contribution in [1.82, 2.24) is 0 Å². The molecule has 0 fully saturated rings. The Morgan fingerprint density at radius 2 is 1.70 bits per heavy atom. The van der Waals surface area contributed by atoms with E-state index in [-0.39, 0.29) is 11.3 Å². The normalized spacial score (nSPS) is 16.9.